The maximum Gasteiger partial charge on any atom is 0.272 e. The standard InChI is InChI=1S/C22H29FN4O2/c1-14(2)20(21(24)28)25-22(29)18-12-19(16-8-10-17(23)11-9-16)27(26-18)13-15-6-4-3-5-7-15/h8-12,14-15,20H,3-7,13H2,1-2H3,(H2,24,28)(H,25,29). The molecule has 1 aliphatic carbocycles. The quantitative estimate of drug-likeness (QED) is 0.745. The number of hydrogen-bond donors (Lipinski definition) is 2. The molecule has 1 fully saturated rings. The number of carbonyl (C=O) groups excluding carboxylic acids is 2. The Bertz CT molecular complexity index is 854. The molecule has 29 heavy (non-hydrogen) atoms. The van der Waals surface area contributed by atoms with Crippen molar-refractivity contribution in [3.63, 3.8) is 0 Å². The van der Waals surface area contributed by atoms with E-state index >= 15 is 0 Å². The van der Waals surface area contributed by atoms with Crippen LogP contribution in [0.5, 0.6) is 0 Å². The molecule has 7 heteroatoms. The lowest BCUT2D eigenvalue weighted by Gasteiger charge is -2.22. The number of halogens is 1. The molecule has 156 valence electrons. The van der Waals surface area contributed by atoms with Crippen LogP contribution in [-0.4, -0.2) is 27.6 Å². The van der Waals surface area contributed by atoms with Crippen LogP contribution in [-0.2, 0) is 11.3 Å². The van der Waals surface area contributed by atoms with Gasteiger partial charge in [0.1, 0.15) is 11.9 Å². The minimum absolute atomic E-state index is 0.127. The van der Waals surface area contributed by atoms with E-state index in [4.69, 9.17) is 5.73 Å². The van der Waals surface area contributed by atoms with Crippen molar-refractivity contribution in [2.45, 2.75) is 58.5 Å². The van der Waals surface area contributed by atoms with Gasteiger partial charge in [-0.05, 0) is 55.0 Å². The first-order valence-corrected chi connectivity index (χ1v) is 10.3. The zero-order valence-electron chi connectivity index (χ0n) is 17.0. The molecule has 0 saturated heterocycles. The molecule has 3 N–H and O–H groups in total. The maximum absolute atomic E-state index is 13.4. The first-order chi connectivity index (χ1) is 13.8. The van der Waals surface area contributed by atoms with E-state index in [1.807, 2.05) is 18.5 Å². The van der Waals surface area contributed by atoms with E-state index in [9.17, 15) is 14.0 Å². The van der Waals surface area contributed by atoms with Gasteiger partial charge in [0, 0.05) is 12.1 Å². The third kappa shape index (κ3) is 5.22. The Morgan fingerprint density at radius 1 is 1.21 bits per heavy atom. The van der Waals surface area contributed by atoms with Gasteiger partial charge >= 0.3 is 0 Å². The van der Waals surface area contributed by atoms with Gasteiger partial charge in [0.2, 0.25) is 5.91 Å². The molecule has 2 aromatic rings. The lowest BCUT2D eigenvalue weighted by Crippen LogP contribution is -2.47. The lowest BCUT2D eigenvalue weighted by atomic mass is 9.89. The van der Waals surface area contributed by atoms with Crippen LogP contribution in [0.3, 0.4) is 0 Å². The Morgan fingerprint density at radius 2 is 1.86 bits per heavy atom. The highest BCUT2D eigenvalue weighted by Gasteiger charge is 2.25. The molecule has 0 spiro atoms. The van der Waals surface area contributed by atoms with Crippen LogP contribution >= 0.6 is 0 Å². The number of primary amides is 1. The Kier molecular flexibility index (Phi) is 6.67. The van der Waals surface area contributed by atoms with Crippen LogP contribution in [0, 0.1) is 17.7 Å². The van der Waals surface area contributed by atoms with E-state index in [-0.39, 0.29) is 17.4 Å². The molecule has 1 atom stereocenters. The fourth-order valence-corrected chi connectivity index (χ4v) is 3.92. The van der Waals surface area contributed by atoms with E-state index < -0.39 is 17.9 Å². The first kappa shape index (κ1) is 21.0. The largest absolute Gasteiger partial charge is 0.368 e. The molecular weight excluding hydrogens is 371 g/mol. The molecule has 1 aromatic carbocycles. The Hall–Kier alpha value is -2.70. The average Bonchev–Trinajstić information content (AvgIpc) is 3.10. The predicted octanol–water partition coefficient (Wildman–Crippen LogP) is 3.51. The smallest absolute Gasteiger partial charge is 0.272 e. The van der Waals surface area contributed by atoms with Gasteiger partial charge in [0.25, 0.3) is 5.91 Å². The number of nitrogens with two attached hydrogens (primary N) is 1. The second-order valence-electron chi connectivity index (χ2n) is 8.21. The summed E-state index contributed by atoms with van der Waals surface area (Å²) in [7, 11) is 0. The molecule has 2 amide bonds. The van der Waals surface area contributed by atoms with Crippen molar-refractivity contribution in [3.8, 4) is 11.3 Å². The fraction of sp³-hybridized carbons (Fsp3) is 0.500. The highest BCUT2D eigenvalue weighted by atomic mass is 19.1. The Balaban J connectivity index is 1.89. The number of nitrogens with zero attached hydrogens (tertiary/aromatic N) is 2. The zero-order chi connectivity index (χ0) is 21.0. The van der Waals surface area contributed by atoms with Crippen molar-refractivity contribution in [3.05, 3.63) is 41.8 Å². The number of benzene rings is 1. The molecule has 1 aromatic heterocycles. The average molecular weight is 400 g/mol. The second kappa shape index (κ2) is 9.20. The van der Waals surface area contributed by atoms with E-state index in [2.05, 4.69) is 10.4 Å². The molecule has 0 aliphatic heterocycles. The van der Waals surface area contributed by atoms with Gasteiger partial charge < -0.3 is 11.1 Å². The molecular formula is C22H29FN4O2. The summed E-state index contributed by atoms with van der Waals surface area (Å²) in [6.45, 7) is 4.35. The molecule has 3 rings (SSSR count). The number of nitrogens with one attached hydrogen (secondary N) is 1. The Labute approximate surface area is 170 Å². The minimum atomic E-state index is -0.764. The summed E-state index contributed by atoms with van der Waals surface area (Å²) in [5.41, 5.74) is 7.20. The molecule has 0 bridgehead atoms. The van der Waals surface area contributed by atoms with Gasteiger partial charge in [-0.25, -0.2) is 4.39 Å². The Morgan fingerprint density at radius 3 is 2.45 bits per heavy atom. The number of aromatic nitrogens is 2. The van der Waals surface area contributed by atoms with Crippen LogP contribution < -0.4 is 11.1 Å². The normalized spacial score (nSPS) is 16.0. The topological polar surface area (TPSA) is 90.0 Å². The molecule has 6 nitrogen and oxygen atoms in total. The third-order valence-corrected chi connectivity index (χ3v) is 5.57. The highest BCUT2D eigenvalue weighted by molar-refractivity contribution is 5.96. The van der Waals surface area contributed by atoms with Gasteiger partial charge in [-0.3, -0.25) is 14.3 Å². The summed E-state index contributed by atoms with van der Waals surface area (Å²) in [6.07, 6.45) is 5.96. The number of carbonyl (C=O) groups is 2. The van der Waals surface area contributed by atoms with E-state index in [0.717, 1.165) is 24.1 Å². The van der Waals surface area contributed by atoms with Crippen LogP contribution in [0.25, 0.3) is 11.3 Å². The number of hydrogen-bond acceptors (Lipinski definition) is 3. The summed E-state index contributed by atoms with van der Waals surface area (Å²) in [4.78, 5) is 24.4. The van der Waals surface area contributed by atoms with Crippen LogP contribution in [0.15, 0.2) is 30.3 Å². The van der Waals surface area contributed by atoms with Crippen LogP contribution in [0.4, 0.5) is 4.39 Å². The van der Waals surface area contributed by atoms with Gasteiger partial charge in [0.15, 0.2) is 5.69 Å². The second-order valence-corrected chi connectivity index (χ2v) is 8.21. The number of amides is 2. The van der Waals surface area contributed by atoms with Gasteiger partial charge in [-0.2, -0.15) is 5.10 Å². The van der Waals surface area contributed by atoms with E-state index in [1.165, 1.54) is 31.4 Å². The third-order valence-electron chi connectivity index (χ3n) is 5.57. The van der Waals surface area contributed by atoms with E-state index in [0.29, 0.717) is 12.5 Å². The summed E-state index contributed by atoms with van der Waals surface area (Å²) in [6, 6.07) is 7.10. The van der Waals surface area contributed by atoms with Crippen LogP contribution in [0.2, 0.25) is 0 Å². The maximum atomic E-state index is 13.4. The summed E-state index contributed by atoms with van der Waals surface area (Å²) < 4.78 is 15.2. The van der Waals surface area contributed by atoms with Crippen molar-refractivity contribution < 1.29 is 14.0 Å². The van der Waals surface area contributed by atoms with Gasteiger partial charge in [-0.1, -0.05) is 33.1 Å². The SMILES string of the molecule is CC(C)C(NC(=O)c1cc(-c2ccc(F)cc2)n(CC2CCCCC2)n1)C(N)=O. The highest BCUT2D eigenvalue weighted by Crippen LogP contribution is 2.28. The fourth-order valence-electron chi connectivity index (χ4n) is 3.92. The molecule has 0 radical (unpaired) electrons. The minimum Gasteiger partial charge on any atom is -0.368 e. The monoisotopic (exact) mass is 400 g/mol. The summed E-state index contributed by atoms with van der Waals surface area (Å²) in [5, 5.41) is 7.22. The molecule has 1 saturated carbocycles. The summed E-state index contributed by atoms with van der Waals surface area (Å²) in [5.74, 6) is -0.946. The van der Waals surface area contributed by atoms with Gasteiger partial charge in [0.05, 0.1) is 5.69 Å². The molecule has 1 heterocycles. The first-order valence-electron chi connectivity index (χ1n) is 10.3. The lowest BCUT2D eigenvalue weighted by molar-refractivity contribution is -0.120. The predicted molar refractivity (Wildman–Crippen MR) is 109 cm³/mol. The summed E-state index contributed by atoms with van der Waals surface area (Å²) >= 11 is 0. The van der Waals surface area contributed by atoms with Crippen molar-refractivity contribution in [1.29, 1.82) is 0 Å². The van der Waals surface area contributed by atoms with E-state index in [1.54, 1.807) is 18.2 Å². The van der Waals surface area contributed by atoms with Crippen molar-refractivity contribution in [1.82, 2.24) is 15.1 Å². The molecule has 1 unspecified atom stereocenters. The van der Waals surface area contributed by atoms with Gasteiger partial charge in [-0.15, -0.1) is 0 Å². The van der Waals surface area contributed by atoms with Crippen molar-refractivity contribution >= 4 is 11.8 Å². The van der Waals surface area contributed by atoms with Crippen molar-refractivity contribution in [2.24, 2.45) is 17.6 Å². The van der Waals surface area contributed by atoms with Crippen LogP contribution in [0.1, 0.15) is 56.4 Å². The molecule has 1 aliphatic rings. The zero-order valence-corrected chi connectivity index (χ0v) is 17.0. The number of rotatable bonds is 7. The van der Waals surface area contributed by atoms with Crippen molar-refractivity contribution in [2.75, 3.05) is 0 Å².